The van der Waals surface area contributed by atoms with Crippen LogP contribution in [0.25, 0.3) is 0 Å². The summed E-state index contributed by atoms with van der Waals surface area (Å²) in [7, 11) is 3.41. The van der Waals surface area contributed by atoms with E-state index in [2.05, 4.69) is 29.0 Å². The van der Waals surface area contributed by atoms with Gasteiger partial charge in [-0.1, -0.05) is 13.8 Å². The Labute approximate surface area is 185 Å². The van der Waals surface area contributed by atoms with Crippen molar-refractivity contribution < 1.29 is 14.4 Å². The molecule has 0 bridgehead atoms. The van der Waals surface area contributed by atoms with Gasteiger partial charge in [0, 0.05) is 39.3 Å². The quantitative estimate of drug-likeness (QED) is 0.679. The zero-order valence-corrected chi connectivity index (χ0v) is 19.2. The van der Waals surface area contributed by atoms with Gasteiger partial charge < -0.3 is 20.0 Å². The van der Waals surface area contributed by atoms with Crippen LogP contribution in [0.15, 0.2) is 18.2 Å². The van der Waals surface area contributed by atoms with Gasteiger partial charge in [0.2, 0.25) is 11.8 Å². The van der Waals surface area contributed by atoms with Crippen LogP contribution >= 0.6 is 0 Å². The van der Waals surface area contributed by atoms with Crippen LogP contribution in [-0.4, -0.2) is 86.9 Å². The maximum atomic E-state index is 13.3. The van der Waals surface area contributed by atoms with Crippen molar-refractivity contribution in [1.82, 2.24) is 15.1 Å². The second kappa shape index (κ2) is 10.1. The Balaban J connectivity index is 1.83. The van der Waals surface area contributed by atoms with Crippen molar-refractivity contribution in [1.29, 1.82) is 0 Å². The highest BCUT2D eigenvalue weighted by molar-refractivity contribution is 6.09. The average molecular weight is 430 g/mol. The predicted molar refractivity (Wildman–Crippen MR) is 123 cm³/mol. The molecule has 31 heavy (non-hydrogen) atoms. The molecular weight excluding hydrogens is 394 g/mol. The third kappa shape index (κ3) is 5.01. The molecule has 0 aliphatic carbocycles. The van der Waals surface area contributed by atoms with Crippen molar-refractivity contribution in [3.8, 4) is 0 Å². The number of nitrogens with one attached hydrogen (secondary N) is 1. The molecule has 0 aromatic heterocycles. The van der Waals surface area contributed by atoms with Crippen LogP contribution in [0.2, 0.25) is 0 Å². The lowest BCUT2D eigenvalue weighted by molar-refractivity contribution is -0.125. The highest BCUT2D eigenvalue weighted by Crippen LogP contribution is 2.40. The fourth-order valence-electron chi connectivity index (χ4n) is 4.40. The summed E-state index contributed by atoms with van der Waals surface area (Å²) in [6.45, 7) is 8.16. The molecule has 1 fully saturated rings. The zero-order valence-electron chi connectivity index (χ0n) is 19.2. The van der Waals surface area contributed by atoms with E-state index in [0.717, 1.165) is 51.1 Å². The highest BCUT2D eigenvalue weighted by Gasteiger charge is 2.40. The Kier molecular flexibility index (Phi) is 7.54. The molecular formula is C23H35N5O3. The number of nitrogens with zero attached hydrogens (tertiary/aromatic N) is 4. The standard InChI is InChI=1S/C23H35N5O3/c1-5-26(6-2)14-12-24-21(29)16-28-20-15-17(22(30)25(3)4)10-11-18(20)27-13-8-7-9-19(27)23(28)31/h10-11,15,19H,5-9,12-14,16H2,1-4H3,(H,24,29)/t19-/m1/s1. The molecule has 170 valence electrons. The van der Waals surface area contributed by atoms with Gasteiger partial charge in [-0.25, -0.2) is 0 Å². The van der Waals surface area contributed by atoms with Gasteiger partial charge in [-0.3, -0.25) is 19.3 Å². The van der Waals surface area contributed by atoms with E-state index in [-0.39, 0.29) is 30.3 Å². The first-order valence-electron chi connectivity index (χ1n) is 11.3. The molecule has 0 unspecified atom stereocenters. The highest BCUT2D eigenvalue weighted by atomic mass is 16.2. The number of hydrogen-bond acceptors (Lipinski definition) is 5. The summed E-state index contributed by atoms with van der Waals surface area (Å²) < 4.78 is 0. The predicted octanol–water partition coefficient (Wildman–Crippen LogP) is 1.55. The number of piperidine rings is 1. The summed E-state index contributed by atoms with van der Waals surface area (Å²) in [5, 5.41) is 2.94. The van der Waals surface area contributed by atoms with Crippen molar-refractivity contribution in [2.24, 2.45) is 0 Å². The minimum Gasteiger partial charge on any atom is -0.358 e. The molecule has 1 atom stereocenters. The third-order valence-electron chi connectivity index (χ3n) is 6.23. The number of amides is 3. The molecule has 1 saturated heterocycles. The number of likely N-dealkylation sites (N-methyl/N-ethyl adjacent to an activating group) is 1. The van der Waals surface area contributed by atoms with Gasteiger partial charge in [0.15, 0.2) is 0 Å². The fourth-order valence-corrected chi connectivity index (χ4v) is 4.40. The maximum absolute atomic E-state index is 13.3. The molecule has 2 heterocycles. The smallest absolute Gasteiger partial charge is 0.253 e. The van der Waals surface area contributed by atoms with E-state index >= 15 is 0 Å². The van der Waals surface area contributed by atoms with E-state index in [1.807, 2.05) is 12.1 Å². The summed E-state index contributed by atoms with van der Waals surface area (Å²) in [6, 6.07) is 5.25. The first-order chi connectivity index (χ1) is 14.9. The largest absolute Gasteiger partial charge is 0.358 e. The summed E-state index contributed by atoms with van der Waals surface area (Å²) in [4.78, 5) is 46.0. The molecule has 8 heteroatoms. The molecule has 3 amide bonds. The topological polar surface area (TPSA) is 76.2 Å². The minimum absolute atomic E-state index is 0.0337. The molecule has 1 aromatic carbocycles. The van der Waals surface area contributed by atoms with Gasteiger partial charge in [-0.2, -0.15) is 0 Å². The molecule has 0 saturated carbocycles. The fraction of sp³-hybridized carbons (Fsp3) is 0.609. The number of hydrogen-bond donors (Lipinski definition) is 1. The van der Waals surface area contributed by atoms with Crippen molar-refractivity contribution in [3.63, 3.8) is 0 Å². The van der Waals surface area contributed by atoms with Crippen LogP contribution in [0.1, 0.15) is 43.5 Å². The monoisotopic (exact) mass is 429 g/mol. The van der Waals surface area contributed by atoms with Crippen LogP contribution < -0.4 is 15.1 Å². The van der Waals surface area contributed by atoms with Gasteiger partial charge in [-0.15, -0.1) is 0 Å². The van der Waals surface area contributed by atoms with Gasteiger partial charge in [0.25, 0.3) is 5.91 Å². The van der Waals surface area contributed by atoms with Crippen molar-refractivity contribution in [3.05, 3.63) is 23.8 Å². The maximum Gasteiger partial charge on any atom is 0.253 e. The minimum atomic E-state index is -0.236. The second-order valence-electron chi connectivity index (χ2n) is 8.41. The van der Waals surface area contributed by atoms with E-state index in [4.69, 9.17) is 0 Å². The van der Waals surface area contributed by atoms with Gasteiger partial charge in [0.05, 0.1) is 11.4 Å². The van der Waals surface area contributed by atoms with Gasteiger partial charge >= 0.3 is 0 Å². The van der Waals surface area contributed by atoms with Gasteiger partial charge in [-0.05, 0) is 50.6 Å². The Morgan fingerprint density at radius 1 is 1.13 bits per heavy atom. The lowest BCUT2D eigenvalue weighted by Gasteiger charge is -2.45. The molecule has 2 aliphatic rings. The van der Waals surface area contributed by atoms with E-state index in [0.29, 0.717) is 17.8 Å². The number of carbonyl (C=O) groups excluding carboxylic acids is 3. The second-order valence-corrected chi connectivity index (χ2v) is 8.41. The Hall–Kier alpha value is -2.61. The number of benzene rings is 1. The summed E-state index contributed by atoms with van der Waals surface area (Å²) in [5.41, 5.74) is 2.09. The Morgan fingerprint density at radius 3 is 2.55 bits per heavy atom. The van der Waals surface area contributed by atoms with Crippen molar-refractivity contribution in [2.75, 3.05) is 63.2 Å². The third-order valence-corrected chi connectivity index (χ3v) is 6.23. The average Bonchev–Trinajstić information content (AvgIpc) is 2.78. The lowest BCUT2D eigenvalue weighted by Crippen LogP contribution is -2.57. The summed E-state index contributed by atoms with van der Waals surface area (Å²) in [5.74, 6) is -0.361. The van der Waals surface area contributed by atoms with Crippen LogP contribution in [0.5, 0.6) is 0 Å². The molecule has 2 aliphatic heterocycles. The van der Waals surface area contributed by atoms with E-state index in [1.54, 1.807) is 25.1 Å². The van der Waals surface area contributed by atoms with Crippen LogP contribution in [0.4, 0.5) is 11.4 Å². The van der Waals surface area contributed by atoms with E-state index in [1.165, 1.54) is 4.90 Å². The van der Waals surface area contributed by atoms with Crippen LogP contribution in [-0.2, 0) is 9.59 Å². The molecule has 1 aromatic rings. The molecule has 0 radical (unpaired) electrons. The van der Waals surface area contributed by atoms with Crippen LogP contribution in [0.3, 0.4) is 0 Å². The van der Waals surface area contributed by atoms with E-state index in [9.17, 15) is 14.4 Å². The van der Waals surface area contributed by atoms with Crippen LogP contribution in [0, 0.1) is 0 Å². The number of carbonyl (C=O) groups is 3. The summed E-state index contributed by atoms with van der Waals surface area (Å²) >= 11 is 0. The molecule has 0 spiro atoms. The first-order valence-corrected chi connectivity index (χ1v) is 11.3. The first kappa shape index (κ1) is 23.1. The normalized spacial score (nSPS) is 18.0. The van der Waals surface area contributed by atoms with Crippen molar-refractivity contribution in [2.45, 2.75) is 39.2 Å². The number of anilines is 2. The Bertz CT molecular complexity index is 821. The van der Waals surface area contributed by atoms with Gasteiger partial charge in [0.1, 0.15) is 12.6 Å². The SMILES string of the molecule is CCN(CC)CCNC(=O)CN1C(=O)[C@H]2CCCCN2c2ccc(C(=O)N(C)C)cc21. The molecule has 3 rings (SSSR count). The van der Waals surface area contributed by atoms with E-state index < -0.39 is 0 Å². The lowest BCUT2D eigenvalue weighted by atomic mass is 9.95. The van der Waals surface area contributed by atoms with Crippen molar-refractivity contribution >= 4 is 29.1 Å². The molecule has 1 N–H and O–H groups in total. The Morgan fingerprint density at radius 2 is 1.87 bits per heavy atom. The zero-order chi connectivity index (χ0) is 22.5. The number of fused-ring (bicyclic) bond motifs is 3. The summed E-state index contributed by atoms with van der Waals surface area (Å²) in [6.07, 6.45) is 2.83. The molecule has 8 nitrogen and oxygen atoms in total. The number of rotatable bonds is 8.